The number of fused-ring (bicyclic) bond motifs is 3. The van der Waals surface area contributed by atoms with E-state index in [2.05, 4.69) is 22.8 Å². The van der Waals surface area contributed by atoms with Gasteiger partial charge in [-0.2, -0.15) is 4.57 Å². The molecule has 1 aromatic heterocycles. The van der Waals surface area contributed by atoms with Gasteiger partial charge < -0.3 is 17.2 Å². The molecule has 5 heteroatoms. The van der Waals surface area contributed by atoms with Gasteiger partial charge in [0.25, 0.3) is 0 Å². The highest BCUT2D eigenvalue weighted by atomic mass is 16.1. The van der Waals surface area contributed by atoms with E-state index in [1.165, 1.54) is 0 Å². The summed E-state index contributed by atoms with van der Waals surface area (Å²) in [6, 6.07) is 22.1. The Morgan fingerprint density at radius 1 is 0.821 bits per heavy atom. The minimum absolute atomic E-state index is 0.296. The number of carbonyl (C=O) groups excluding carboxylic acids is 1. The predicted molar refractivity (Wildman–Crippen MR) is 114 cm³/mol. The van der Waals surface area contributed by atoms with Crippen molar-refractivity contribution in [1.82, 2.24) is 0 Å². The molecule has 140 valence electrons. The Kier molecular flexibility index (Phi) is 4.57. The van der Waals surface area contributed by atoms with Crippen LogP contribution in [0.1, 0.15) is 12.8 Å². The van der Waals surface area contributed by atoms with Crippen LogP contribution in [0.15, 0.2) is 66.7 Å². The number of rotatable bonds is 5. The number of primary amides is 1. The fourth-order valence-electron chi connectivity index (χ4n) is 3.81. The molecule has 6 N–H and O–H groups in total. The molecule has 0 saturated carbocycles. The maximum Gasteiger partial charge on any atom is 0.220 e. The molecule has 0 unspecified atom stereocenters. The summed E-state index contributed by atoms with van der Waals surface area (Å²) < 4.78 is 2.23. The molecule has 0 saturated heterocycles. The van der Waals surface area contributed by atoms with Crippen molar-refractivity contribution in [2.45, 2.75) is 19.4 Å². The second kappa shape index (κ2) is 7.19. The Hall–Kier alpha value is -3.60. The molecule has 3 aromatic carbocycles. The van der Waals surface area contributed by atoms with E-state index >= 15 is 0 Å². The van der Waals surface area contributed by atoms with Crippen molar-refractivity contribution in [1.29, 1.82) is 0 Å². The lowest BCUT2D eigenvalue weighted by atomic mass is 9.98. The van der Waals surface area contributed by atoms with Crippen LogP contribution in [-0.4, -0.2) is 5.91 Å². The Morgan fingerprint density at radius 2 is 1.50 bits per heavy atom. The number of nitrogens with zero attached hydrogens (tertiary/aromatic N) is 1. The molecule has 28 heavy (non-hydrogen) atoms. The molecule has 0 bridgehead atoms. The van der Waals surface area contributed by atoms with Crippen LogP contribution in [0.2, 0.25) is 0 Å². The van der Waals surface area contributed by atoms with Crippen molar-refractivity contribution < 1.29 is 9.36 Å². The van der Waals surface area contributed by atoms with Gasteiger partial charge in [-0.3, -0.25) is 4.79 Å². The normalized spacial score (nSPS) is 11.1. The number of aromatic nitrogens is 1. The maximum atomic E-state index is 11.3. The number of hydrogen-bond acceptors (Lipinski definition) is 3. The third-order valence-electron chi connectivity index (χ3n) is 5.02. The summed E-state index contributed by atoms with van der Waals surface area (Å²) in [6.45, 7) is 0.651. The molecule has 1 heterocycles. The molecule has 4 aromatic rings. The first-order chi connectivity index (χ1) is 13.5. The first-order valence-electron chi connectivity index (χ1n) is 9.32. The molecule has 0 spiro atoms. The molecular formula is C23H23N4O+. The molecule has 5 nitrogen and oxygen atoms in total. The van der Waals surface area contributed by atoms with Gasteiger partial charge in [-0.05, 0) is 36.4 Å². The summed E-state index contributed by atoms with van der Waals surface area (Å²) in [5, 5.41) is 3.29. The quantitative estimate of drug-likeness (QED) is 0.285. The highest BCUT2D eigenvalue weighted by Gasteiger charge is 2.23. The van der Waals surface area contributed by atoms with Crippen LogP contribution in [0.5, 0.6) is 0 Å². The number of benzene rings is 3. The molecule has 0 fully saturated rings. The van der Waals surface area contributed by atoms with Crippen LogP contribution in [0.4, 0.5) is 11.4 Å². The van der Waals surface area contributed by atoms with Gasteiger partial charge in [0.05, 0.1) is 10.8 Å². The lowest BCUT2D eigenvalue weighted by Crippen LogP contribution is -2.38. The fourth-order valence-corrected chi connectivity index (χ4v) is 3.81. The number of nitrogens with two attached hydrogens (primary N) is 3. The van der Waals surface area contributed by atoms with Crippen molar-refractivity contribution >= 4 is 39.0 Å². The van der Waals surface area contributed by atoms with Crippen molar-refractivity contribution in [3.05, 3.63) is 66.7 Å². The Balaban J connectivity index is 2.10. The summed E-state index contributed by atoms with van der Waals surface area (Å²) in [6.07, 6.45) is 0.984. The van der Waals surface area contributed by atoms with Crippen LogP contribution in [0.25, 0.3) is 32.9 Å². The van der Waals surface area contributed by atoms with Gasteiger partial charge in [-0.15, -0.1) is 0 Å². The van der Waals surface area contributed by atoms with Crippen LogP contribution < -0.4 is 21.8 Å². The molecule has 0 atom stereocenters. The number of carbonyl (C=O) groups is 1. The van der Waals surface area contributed by atoms with Crippen LogP contribution >= 0.6 is 0 Å². The number of amides is 1. The van der Waals surface area contributed by atoms with Crippen molar-refractivity contribution in [3.8, 4) is 11.3 Å². The number of aryl methyl sites for hydroxylation is 1. The van der Waals surface area contributed by atoms with E-state index in [1.54, 1.807) is 0 Å². The lowest BCUT2D eigenvalue weighted by Gasteiger charge is -2.13. The van der Waals surface area contributed by atoms with Crippen LogP contribution in [0.3, 0.4) is 0 Å². The average molecular weight is 371 g/mol. The van der Waals surface area contributed by atoms with E-state index in [9.17, 15) is 4.79 Å². The predicted octanol–water partition coefficient (Wildman–Crippen LogP) is 3.38. The molecule has 0 radical (unpaired) electrons. The van der Waals surface area contributed by atoms with Crippen molar-refractivity contribution in [3.63, 3.8) is 0 Å². The second-order valence-corrected chi connectivity index (χ2v) is 7.02. The number of pyridine rings is 1. The largest absolute Gasteiger partial charge is 0.399 e. The summed E-state index contributed by atoms with van der Waals surface area (Å²) in [5.74, 6) is -0.296. The highest BCUT2D eigenvalue weighted by molar-refractivity contribution is 6.10. The zero-order valence-corrected chi connectivity index (χ0v) is 15.6. The highest BCUT2D eigenvalue weighted by Crippen LogP contribution is 2.33. The van der Waals surface area contributed by atoms with E-state index < -0.39 is 0 Å². The minimum Gasteiger partial charge on any atom is -0.399 e. The fraction of sp³-hybridized carbons (Fsp3) is 0.130. The monoisotopic (exact) mass is 371 g/mol. The maximum absolute atomic E-state index is 11.3. The first-order valence-corrected chi connectivity index (χ1v) is 9.32. The molecule has 1 amide bonds. The summed E-state index contributed by atoms with van der Waals surface area (Å²) >= 11 is 0. The van der Waals surface area contributed by atoms with Crippen molar-refractivity contribution in [2.24, 2.45) is 5.73 Å². The van der Waals surface area contributed by atoms with Gasteiger partial charge in [0.1, 0.15) is 6.54 Å². The minimum atomic E-state index is -0.296. The first kappa shape index (κ1) is 17.8. The molecule has 4 rings (SSSR count). The Morgan fingerprint density at radius 3 is 2.21 bits per heavy atom. The Bertz CT molecular complexity index is 1190. The summed E-state index contributed by atoms with van der Waals surface area (Å²) in [4.78, 5) is 11.3. The molecule has 0 aliphatic rings. The van der Waals surface area contributed by atoms with Gasteiger partial charge in [0, 0.05) is 41.2 Å². The second-order valence-electron chi connectivity index (χ2n) is 7.02. The SMILES string of the molecule is NC(=O)CCC[n+]1c(-c2ccccc2)c2cc(N)ccc2c2ccc(N)cc21. The van der Waals surface area contributed by atoms with Crippen LogP contribution in [-0.2, 0) is 11.3 Å². The number of hydrogen-bond donors (Lipinski definition) is 3. The number of anilines is 2. The third-order valence-corrected chi connectivity index (χ3v) is 5.02. The van der Waals surface area contributed by atoms with Crippen LogP contribution in [0, 0.1) is 0 Å². The molecular weight excluding hydrogens is 348 g/mol. The summed E-state index contributed by atoms with van der Waals surface area (Å²) in [5.41, 5.74) is 22.2. The van der Waals surface area contributed by atoms with Gasteiger partial charge in [0.15, 0.2) is 0 Å². The van der Waals surface area contributed by atoms with E-state index in [4.69, 9.17) is 17.2 Å². The average Bonchev–Trinajstić information content (AvgIpc) is 2.68. The molecule has 0 aliphatic heterocycles. The molecule has 0 aliphatic carbocycles. The van der Waals surface area contributed by atoms with Gasteiger partial charge >= 0.3 is 0 Å². The topological polar surface area (TPSA) is 99.0 Å². The van der Waals surface area contributed by atoms with E-state index in [-0.39, 0.29) is 5.91 Å². The summed E-state index contributed by atoms with van der Waals surface area (Å²) in [7, 11) is 0. The number of nitrogen functional groups attached to an aromatic ring is 2. The van der Waals surface area contributed by atoms with E-state index in [0.29, 0.717) is 30.8 Å². The lowest BCUT2D eigenvalue weighted by molar-refractivity contribution is -0.659. The smallest absolute Gasteiger partial charge is 0.220 e. The van der Waals surface area contributed by atoms with Gasteiger partial charge in [-0.1, -0.05) is 24.3 Å². The zero-order chi connectivity index (χ0) is 19.7. The standard InChI is InChI=1S/C23H22N4O/c24-16-8-10-18-19-11-9-17(25)14-21(19)27(12-4-7-22(26)28)23(20(18)13-16)15-5-2-1-3-6-15/h1-3,5-6,8-11,13-14,25H,4,7,12,24H2,(H2,26,28)/p+1. The van der Waals surface area contributed by atoms with Gasteiger partial charge in [0.2, 0.25) is 17.1 Å². The van der Waals surface area contributed by atoms with Crippen molar-refractivity contribution in [2.75, 3.05) is 11.5 Å². The Labute approximate surface area is 163 Å². The zero-order valence-electron chi connectivity index (χ0n) is 15.6. The van der Waals surface area contributed by atoms with Gasteiger partial charge in [-0.25, -0.2) is 0 Å². The van der Waals surface area contributed by atoms with E-state index in [1.807, 2.05) is 48.5 Å². The van der Waals surface area contributed by atoms with E-state index in [0.717, 1.165) is 32.9 Å². The third kappa shape index (κ3) is 3.22.